The molecule has 0 aromatic heterocycles. The van der Waals surface area contributed by atoms with E-state index in [-0.39, 0.29) is 0 Å². The third-order valence-corrected chi connectivity index (χ3v) is 2.48. The van der Waals surface area contributed by atoms with Crippen LogP contribution in [0.2, 0.25) is 0 Å². The molecule has 0 heterocycles. The van der Waals surface area contributed by atoms with Crippen molar-refractivity contribution in [3.8, 4) is 0 Å². The van der Waals surface area contributed by atoms with Gasteiger partial charge in [0.05, 0.1) is 0 Å². The second-order valence-corrected chi connectivity index (χ2v) is 3.57. The zero-order valence-electron chi connectivity index (χ0n) is 5.18. The van der Waals surface area contributed by atoms with Gasteiger partial charge in [-0.15, -0.1) is 11.6 Å². The van der Waals surface area contributed by atoms with E-state index in [1.54, 1.807) is 0 Å². The summed E-state index contributed by atoms with van der Waals surface area (Å²) < 4.78 is 0. The molecule has 1 spiro atoms. The van der Waals surface area contributed by atoms with Gasteiger partial charge in [-0.2, -0.15) is 0 Å². The molecule has 1 saturated carbocycles. The summed E-state index contributed by atoms with van der Waals surface area (Å²) >= 11 is 5.85. The van der Waals surface area contributed by atoms with Crippen LogP contribution in [0.25, 0.3) is 0 Å². The van der Waals surface area contributed by atoms with Crippen molar-refractivity contribution >= 4 is 11.6 Å². The van der Waals surface area contributed by atoms with E-state index < -0.39 is 0 Å². The first-order valence-electron chi connectivity index (χ1n) is 3.32. The maximum Gasteiger partial charge on any atom is 0.0358 e. The van der Waals surface area contributed by atoms with Crippen LogP contribution in [0.15, 0.2) is 24.3 Å². The van der Waals surface area contributed by atoms with Crippen LogP contribution in [0, 0.1) is 5.41 Å². The van der Waals surface area contributed by atoms with Crippen LogP contribution in [0.5, 0.6) is 0 Å². The Kier molecular flexibility index (Phi) is 1.01. The van der Waals surface area contributed by atoms with Gasteiger partial charge in [-0.1, -0.05) is 24.3 Å². The summed E-state index contributed by atoms with van der Waals surface area (Å²) in [5.41, 5.74) is 0.395. The van der Waals surface area contributed by atoms with Gasteiger partial charge in [0.15, 0.2) is 0 Å². The molecule has 0 bridgehead atoms. The Bertz CT molecular complexity index is 159. The summed E-state index contributed by atoms with van der Waals surface area (Å²) in [6, 6.07) is 0. The fourth-order valence-corrected chi connectivity index (χ4v) is 2.16. The van der Waals surface area contributed by atoms with Gasteiger partial charge in [0.25, 0.3) is 0 Å². The monoisotopic (exact) mass is 140 g/mol. The maximum absolute atomic E-state index is 5.85. The van der Waals surface area contributed by atoms with E-state index in [0.29, 0.717) is 10.8 Å². The van der Waals surface area contributed by atoms with Crippen molar-refractivity contribution in [2.75, 3.05) is 0 Å². The van der Waals surface area contributed by atoms with E-state index in [9.17, 15) is 0 Å². The molecule has 2 rings (SSSR count). The lowest BCUT2D eigenvalue weighted by Gasteiger charge is -2.39. The lowest BCUT2D eigenvalue weighted by Crippen LogP contribution is -2.33. The van der Waals surface area contributed by atoms with Gasteiger partial charge in [0, 0.05) is 10.8 Å². The highest BCUT2D eigenvalue weighted by Crippen LogP contribution is 2.48. The largest absolute Gasteiger partial charge is 0.123 e. The van der Waals surface area contributed by atoms with E-state index in [2.05, 4.69) is 24.3 Å². The summed E-state index contributed by atoms with van der Waals surface area (Å²) in [5, 5.41) is 0.428. The normalized spacial score (nSPS) is 29.4. The molecule has 0 atom stereocenters. The minimum Gasteiger partial charge on any atom is -0.123 e. The number of alkyl halides is 1. The molecule has 0 N–H and O–H groups in total. The molecule has 0 aromatic carbocycles. The predicted octanol–water partition coefficient (Wildman–Crippen LogP) is 2.50. The van der Waals surface area contributed by atoms with Crippen LogP contribution in [-0.4, -0.2) is 5.38 Å². The lowest BCUT2D eigenvalue weighted by atomic mass is 9.70. The van der Waals surface area contributed by atoms with E-state index in [1.165, 1.54) is 0 Å². The second kappa shape index (κ2) is 1.63. The Morgan fingerprint density at radius 2 is 1.78 bits per heavy atom. The lowest BCUT2D eigenvalue weighted by molar-refractivity contribution is 0.289. The standard InChI is InChI=1S/C8H9Cl/c9-7-5-8(6-7)3-1-2-4-8/h1-4,7H,5-6H2. The second-order valence-electron chi connectivity index (χ2n) is 2.96. The van der Waals surface area contributed by atoms with Crippen molar-refractivity contribution in [3.05, 3.63) is 24.3 Å². The molecule has 0 saturated heterocycles. The minimum absolute atomic E-state index is 0.395. The molecular formula is C8H9Cl. The van der Waals surface area contributed by atoms with Crippen LogP contribution in [0.1, 0.15) is 12.8 Å². The zero-order chi connectivity index (χ0) is 6.32. The topological polar surface area (TPSA) is 0 Å². The zero-order valence-corrected chi connectivity index (χ0v) is 5.93. The molecule has 2 aliphatic rings. The van der Waals surface area contributed by atoms with Crippen molar-refractivity contribution in [2.45, 2.75) is 18.2 Å². The number of allylic oxidation sites excluding steroid dienone is 4. The van der Waals surface area contributed by atoms with Gasteiger partial charge >= 0.3 is 0 Å². The highest BCUT2D eigenvalue weighted by Gasteiger charge is 2.39. The average molecular weight is 141 g/mol. The van der Waals surface area contributed by atoms with Crippen LogP contribution >= 0.6 is 11.6 Å². The minimum atomic E-state index is 0.395. The van der Waals surface area contributed by atoms with Crippen LogP contribution in [0.3, 0.4) is 0 Å². The number of hydrogen-bond acceptors (Lipinski definition) is 0. The first-order valence-corrected chi connectivity index (χ1v) is 3.76. The molecule has 0 radical (unpaired) electrons. The Labute approximate surface area is 60.2 Å². The molecule has 0 aliphatic heterocycles. The van der Waals surface area contributed by atoms with Gasteiger partial charge in [0.2, 0.25) is 0 Å². The summed E-state index contributed by atoms with van der Waals surface area (Å²) in [5.74, 6) is 0. The highest BCUT2D eigenvalue weighted by molar-refractivity contribution is 6.21. The van der Waals surface area contributed by atoms with Gasteiger partial charge < -0.3 is 0 Å². The molecule has 1 heteroatoms. The number of rotatable bonds is 0. The molecule has 0 nitrogen and oxygen atoms in total. The fraction of sp³-hybridized carbons (Fsp3) is 0.500. The fourth-order valence-electron chi connectivity index (χ4n) is 1.59. The van der Waals surface area contributed by atoms with Crippen LogP contribution in [0.4, 0.5) is 0 Å². The third kappa shape index (κ3) is 0.734. The van der Waals surface area contributed by atoms with Gasteiger partial charge in [-0.05, 0) is 12.8 Å². The van der Waals surface area contributed by atoms with Crippen molar-refractivity contribution in [1.82, 2.24) is 0 Å². The van der Waals surface area contributed by atoms with Gasteiger partial charge in [-0.3, -0.25) is 0 Å². The van der Waals surface area contributed by atoms with Crippen molar-refractivity contribution in [3.63, 3.8) is 0 Å². The summed E-state index contributed by atoms with van der Waals surface area (Å²) in [4.78, 5) is 0. The Morgan fingerprint density at radius 1 is 1.22 bits per heavy atom. The SMILES string of the molecule is ClC1CC2(C=CC=C2)C1. The van der Waals surface area contributed by atoms with E-state index in [1.807, 2.05) is 0 Å². The van der Waals surface area contributed by atoms with Gasteiger partial charge in [-0.25, -0.2) is 0 Å². The first kappa shape index (κ1) is 5.55. The summed E-state index contributed by atoms with van der Waals surface area (Å²) in [6.07, 6.45) is 11.0. The van der Waals surface area contributed by atoms with Crippen LogP contribution in [-0.2, 0) is 0 Å². The number of hydrogen-bond donors (Lipinski definition) is 0. The molecule has 0 unspecified atom stereocenters. The van der Waals surface area contributed by atoms with E-state index in [4.69, 9.17) is 11.6 Å². The molecule has 0 amide bonds. The molecule has 48 valence electrons. The van der Waals surface area contributed by atoms with E-state index >= 15 is 0 Å². The Hall–Kier alpha value is -0.230. The molecule has 2 aliphatic carbocycles. The van der Waals surface area contributed by atoms with Crippen LogP contribution < -0.4 is 0 Å². The molecule has 0 aromatic rings. The maximum atomic E-state index is 5.85. The average Bonchev–Trinajstić information content (AvgIpc) is 2.12. The van der Waals surface area contributed by atoms with Gasteiger partial charge in [0.1, 0.15) is 0 Å². The smallest absolute Gasteiger partial charge is 0.0358 e. The highest BCUT2D eigenvalue weighted by atomic mass is 35.5. The molecule has 1 fully saturated rings. The number of halogens is 1. The van der Waals surface area contributed by atoms with E-state index in [0.717, 1.165) is 12.8 Å². The van der Waals surface area contributed by atoms with Crippen molar-refractivity contribution < 1.29 is 0 Å². The predicted molar refractivity (Wildman–Crippen MR) is 39.6 cm³/mol. The quantitative estimate of drug-likeness (QED) is 0.454. The third-order valence-electron chi connectivity index (χ3n) is 2.17. The Balaban J connectivity index is 2.13. The molecule has 9 heavy (non-hydrogen) atoms. The molecular weight excluding hydrogens is 132 g/mol. The Morgan fingerprint density at radius 3 is 2.22 bits per heavy atom. The summed E-state index contributed by atoms with van der Waals surface area (Å²) in [6.45, 7) is 0. The summed E-state index contributed by atoms with van der Waals surface area (Å²) in [7, 11) is 0. The first-order chi connectivity index (χ1) is 4.31. The van der Waals surface area contributed by atoms with Crippen molar-refractivity contribution in [1.29, 1.82) is 0 Å². The van der Waals surface area contributed by atoms with Crippen molar-refractivity contribution in [2.24, 2.45) is 5.41 Å².